The van der Waals surface area contributed by atoms with Crippen molar-refractivity contribution in [2.75, 3.05) is 0 Å². The van der Waals surface area contributed by atoms with Crippen molar-refractivity contribution in [3.05, 3.63) is 34.9 Å². The smallest absolute Gasteiger partial charge is 0.223 e. The zero-order valence-corrected chi connectivity index (χ0v) is 10.8. The summed E-state index contributed by atoms with van der Waals surface area (Å²) >= 11 is 0. The molecule has 0 aromatic heterocycles. The molecule has 1 amide bonds. The summed E-state index contributed by atoms with van der Waals surface area (Å²) in [5.41, 5.74) is 3.66. The van der Waals surface area contributed by atoms with Crippen LogP contribution in [-0.4, -0.2) is 5.91 Å². The van der Waals surface area contributed by atoms with Crippen molar-refractivity contribution in [2.24, 2.45) is 5.92 Å². The van der Waals surface area contributed by atoms with Gasteiger partial charge >= 0.3 is 0 Å². The summed E-state index contributed by atoms with van der Waals surface area (Å²) < 4.78 is 0. The zero-order valence-electron chi connectivity index (χ0n) is 10.8. The fourth-order valence-corrected chi connectivity index (χ4v) is 1.68. The van der Waals surface area contributed by atoms with Gasteiger partial charge in [0.25, 0.3) is 0 Å². The van der Waals surface area contributed by atoms with Crippen LogP contribution in [0.2, 0.25) is 0 Å². The maximum Gasteiger partial charge on any atom is 0.223 e. The third-order valence-corrected chi connectivity index (χ3v) is 2.78. The second-order valence-corrected chi connectivity index (χ2v) is 4.75. The van der Waals surface area contributed by atoms with Crippen molar-refractivity contribution in [3.63, 3.8) is 0 Å². The average molecular weight is 219 g/mol. The van der Waals surface area contributed by atoms with Crippen molar-refractivity contribution in [1.82, 2.24) is 5.32 Å². The molecule has 0 spiro atoms. The number of rotatable bonds is 3. The van der Waals surface area contributed by atoms with E-state index in [1.165, 1.54) is 16.7 Å². The Bertz CT molecular complexity index is 382. The van der Waals surface area contributed by atoms with E-state index in [2.05, 4.69) is 37.4 Å². The number of amides is 1. The predicted molar refractivity (Wildman–Crippen MR) is 67.3 cm³/mol. The molecule has 1 N–H and O–H groups in total. The lowest BCUT2D eigenvalue weighted by atomic mass is 9.99. The van der Waals surface area contributed by atoms with Crippen LogP contribution in [0.15, 0.2) is 18.2 Å². The summed E-state index contributed by atoms with van der Waals surface area (Å²) in [5.74, 6) is 0.140. The number of aryl methyl sites for hydroxylation is 2. The molecule has 16 heavy (non-hydrogen) atoms. The monoisotopic (exact) mass is 219 g/mol. The second-order valence-electron chi connectivity index (χ2n) is 4.75. The second kappa shape index (κ2) is 5.15. The van der Waals surface area contributed by atoms with Crippen molar-refractivity contribution < 1.29 is 4.79 Å². The normalized spacial score (nSPS) is 12.6. The number of benzene rings is 1. The van der Waals surface area contributed by atoms with Crippen LogP contribution in [0.25, 0.3) is 0 Å². The van der Waals surface area contributed by atoms with E-state index in [1.807, 2.05) is 20.8 Å². The molecule has 2 heteroatoms. The quantitative estimate of drug-likeness (QED) is 0.831. The molecule has 0 saturated heterocycles. The minimum atomic E-state index is 0.0348. The molecule has 0 bridgehead atoms. The fourth-order valence-electron chi connectivity index (χ4n) is 1.68. The van der Waals surface area contributed by atoms with Crippen LogP contribution in [0.4, 0.5) is 0 Å². The number of nitrogens with one attached hydrogen (secondary N) is 1. The summed E-state index contributed by atoms with van der Waals surface area (Å²) in [6.07, 6.45) is 0. The molecule has 1 aromatic rings. The first-order valence-electron chi connectivity index (χ1n) is 5.79. The van der Waals surface area contributed by atoms with E-state index in [0.717, 1.165) is 0 Å². The minimum absolute atomic E-state index is 0.0348. The van der Waals surface area contributed by atoms with Gasteiger partial charge in [-0.3, -0.25) is 4.79 Å². The summed E-state index contributed by atoms with van der Waals surface area (Å²) in [6.45, 7) is 9.99. The minimum Gasteiger partial charge on any atom is -0.349 e. The lowest BCUT2D eigenvalue weighted by molar-refractivity contribution is -0.124. The molecule has 1 rings (SSSR count). The summed E-state index contributed by atoms with van der Waals surface area (Å²) in [6, 6.07) is 6.41. The van der Waals surface area contributed by atoms with Gasteiger partial charge < -0.3 is 5.32 Å². The van der Waals surface area contributed by atoms with Crippen LogP contribution in [0.5, 0.6) is 0 Å². The van der Waals surface area contributed by atoms with E-state index in [1.54, 1.807) is 0 Å². The van der Waals surface area contributed by atoms with Crippen LogP contribution in [0.3, 0.4) is 0 Å². The molecule has 2 nitrogen and oxygen atoms in total. The van der Waals surface area contributed by atoms with Crippen LogP contribution in [0.1, 0.15) is 43.5 Å². The Morgan fingerprint density at radius 1 is 1.19 bits per heavy atom. The Balaban J connectivity index is 2.84. The lowest BCUT2D eigenvalue weighted by Gasteiger charge is -2.18. The molecule has 0 aliphatic carbocycles. The van der Waals surface area contributed by atoms with E-state index < -0.39 is 0 Å². The summed E-state index contributed by atoms with van der Waals surface area (Å²) in [7, 11) is 0. The third kappa shape index (κ3) is 3.09. The van der Waals surface area contributed by atoms with Crippen LogP contribution in [0, 0.1) is 19.8 Å². The van der Waals surface area contributed by atoms with Gasteiger partial charge in [-0.1, -0.05) is 37.6 Å². The van der Waals surface area contributed by atoms with Crippen molar-refractivity contribution in [3.8, 4) is 0 Å². The molecule has 0 aliphatic rings. The van der Waals surface area contributed by atoms with Crippen molar-refractivity contribution in [2.45, 2.75) is 40.7 Å². The van der Waals surface area contributed by atoms with Gasteiger partial charge in [-0.05, 0) is 31.9 Å². The van der Waals surface area contributed by atoms with E-state index >= 15 is 0 Å². The zero-order chi connectivity index (χ0) is 12.3. The van der Waals surface area contributed by atoms with Gasteiger partial charge in [0.2, 0.25) is 5.91 Å². The molecule has 0 unspecified atom stereocenters. The highest BCUT2D eigenvalue weighted by atomic mass is 16.1. The van der Waals surface area contributed by atoms with Gasteiger partial charge in [-0.15, -0.1) is 0 Å². The first-order chi connectivity index (χ1) is 7.41. The molecule has 0 saturated carbocycles. The first-order valence-corrected chi connectivity index (χ1v) is 5.79. The maximum absolute atomic E-state index is 11.6. The standard InChI is InChI=1S/C14H21NO/c1-9(2)14(16)15-12(5)13-8-10(3)6-7-11(13)4/h6-9,12H,1-5H3,(H,15,16)/t12-/m0/s1. The van der Waals surface area contributed by atoms with E-state index in [-0.39, 0.29) is 17.9 Å². The van der Waals surface area contributed by atoms with Gasteiger partial charge in [0, 0.05) is 5.92 Å². The van der Waals surface area contributed by atoms with Gasteiger partial charge in [0.1, 0.15) is 0 Å². The summed E-state index contributed by atoms with van der Waals surface area (Å²) in [4.78, 5) is 11.6. The van der Waals surface area contributed by atoms with Gasteiger partial charge in [0.05, 0.1) is 6.04 Å². The number of hydrogen-bond donors (Lipinski definition) is 1. The predicted octanol–water partition coefficient (Wildman–Crippen LogP) is 3.14. The number of hydrogen-bond acceptors (Lipinski definition) is 1. The van der Waals surface area contributed by atoms with Crippen LogP contribution >= 0.6 is 0 Å². The Kier molecular flexibility index (Phi) is 4.11. The SMILES string of the molecule is Cc1ccc(C)c([C@H](C)NC(=O)C(C)C)c1. The molecular weight excluding hydrogens is 198 g/mol. The van der Waals surface area contributed by atoms with Gasteiger partial charge in [-0.25, -0.2) is 0 Å². The van der Waals surface area contributed by atoms with Crippen LogP contribution in [-0.2, 0) is 4.79 Å². The van der Waals surface area contributed by atoms with E-state index in [9.17, 15) is 4.79 Å². The number of carbonyl (C=O) groups excluding carboxylic acids is 1. The molecule has 0 aliphatic heterocycles. The molecule has 0 radical (unpaired) electrons. The highest BCUT2D eigenvalue weighted by molar-refractivity contribution is 5.78. The molecule has 0 fully saturated rings. The van der Waals surface area contributed by atoms with Gasteiger partial charge in [0.15, 0.2) is 0 Å². The van der Waals surface area contributed by atoms with E-state index in [0.29, 0.717) is 0 Å². The highest BCUT2D eigenvalue weighted by Gasteiger charge is 2.13. The fraction of sp³-hybridized carbons (Fsp3) is 0.500. The lowest BCUT2D eigenvalue weighted by Crippen LogP contribution is -2.30. The Hall–Kier alpha value is -1.31. The first kappa shape index (κ1) is 12.8. The van der Waals surface area contributed by atoms with Crippen molar-refractivity contribution >= 4 is 5.91 Å². The van der Waals surface area contributed by atoms with Crippen molar-refractivity contribution in [1.29, 1.82) is 0 Å². The molecule has 0 heterocycles. The highest BCUT2D eigenvalue weighted by Crippen LogP contribution is 2.19. The molecule has 1 atom stereocenters. The largest absolute Gasteiger partial charge is 0.349 e. The molecule has 1 aromatic carbocycles. The molecular formula is C14H21NO. The Morgan fingerprint density at radius 3 is 2.38 bits per heavy atom. The van der Waals surface area contributed by atoms with Gasteiger partial charge in [-0.2, -0.15) is 0 Å². The van der Waals surface area contributed by atoms with Crippen LogP contribution < -0.4 is 5.32 Å². The topological polar surface area (TPSA) is 29.1 Å². The van der Waals surface area contributed by atoms with E-state index in [4.69, 9.17) is 0 Å². The average Bonchev–Trinajstić information content (AvgIpc) is 2.21. The third-order valence-electron chi connectivity index (χ3n) is 2.78. The maximum atomic E-state index is 11.6. The Labute approximate surface area is 98.1 Å². The molecule has 88 valence electrons. The Morgan fingerprint density at radius 2 is 1.81 bits per heavy atom. The number of carbonyl (C=O) groups is 1. The summed E-state index contributed by atoms with van der Waals surface area (Å²) in [5, 5.41) is 3.02.